The Morgan fingerprint density at radius 2 is 1.60 bits per heavy atom. The number of hydrogen-bond donors (Lipinski definition) is 1. The van der Waals surface area contributed by atoms with Gasteiger partial charge in [0, 0.05) is 44.7 Å². The number of hydrogen-bond acceptors (Lipinski definition) is 2. The number of nitrogens with zero attached hydrogens (tertiary/aromatic N) is 1. The molecule has 1 aromatic carbocycles. The SMILES string of the molecule is Cl.Fc1cc(F)cc([C@@H](CC(F)F)N2CCNCC2)c1. The molecule has 1 heterocycles. The van der Waals surface area contributed by atoms with E-state index in [1.807, 2.05) is 4.90 Å². The average Bonchev–Trinajstić information content (AvgIpc) is 2.35. The molecule has 0 spiro atoms. The van der Waals surface area contributed by atoms with Crippen LogP contribution in [-0.2, 0) is 0 Å². The third-order valence-electron chi connectivity index (χ3n) is 3.26. The average molecular weight is 313 g/mol. The fourth-order valence-electron chi connectivity index (χ4n) is 2.43. The van der Waals surface area contributed by atoms with Crippen molar-refractivity contribution in [2.75, 3.05) is 26.2 Å². The lowest BCUT2D eigenvalue weighted by Gasteiger charge is -2.35. The van der Waals surface area contributed by atoms with Gasteiger partial charge in [-0.1, -0.05) is 0 Å². The number of benzene rings is 1. The molecule has 0 amide bonds. The Morgan fingerprint density at radius 1 is 1.05 bits per heavy atom. The molecule has 2 nitrogen and oxygen atoms in total. The lowest BCUT2D eigenvalue weighted by atomic mass is 10.0. The minimum Gasteiger partial charge on any atom is -0.314 e. The molecule has 0 unspecified atom stereocenters. The summed E-state index contributed by atoms with van der Waals surface area (Å²) in [6.07, 6.45) is -2.92. The predicted molar refractivity (Wildman–Crippen MR) is 71.4 cm³/mol. The molecule has 7 heteroatoms. The van der Waals surface area contributed by atoms with Crippen molar-refractivity contribution in [1.82, 2.24) is 10.2 Å². The zero-order valence-electron chi connectivity index (χ0n) is 10.8. The summed E-state index contributed by atoms with van der Waals surface area (Å²) in [4.78, 5) is 1.84. The first-order chi connectivity index (χ1) is 9.06. The maximum atomic E-state index is 13.2. The largest absolute Gasteiger partial charge is 0.314 e. The van der Waals surface area contributed by atoms with E-state index < -0.39 is 30.5 Å². The lowest BCUT2D eigenvalue weighted by Crippen LogP contribution is -2.45. The second kappa shape index (κ2) is 7.81. The fourth-order valence-corrected chi connectivity index (χ4v) is 2.43. The monoisotopic (exact) mass is 312 g/mol. The van der Waals surface area contributed by atoms with Gasteiger partial charge in [0.15, 0.2) is 0 Å². The maximum Gasteiger partial charge on any atom is 0.240 e. The molecule has 1 aliphatic rings. The lowest BCUT2D eigenvalue weighted by molar-refractivity contribution is 0.0736. The van der Waals surface area contributed by atoms with Gasteiger partial charge in [-0.2, -0.15) is 0 Å². The Balaban J connectivity index is 0.00000200. The van der Waals surface area contributed by atoms with Crippen molar-refractivity contribution < 1.29 is 17.6 Å². The normalized spacial score (nSPS) is 17.9. The van der Waals surface area contributed by atoms with E-state index >= 15 is 0 Å². The van der Waals surface area contributed by atoms with Crippen LogP contribution in [0.4, 0.5) is 17.6 Å². The van der Waals surface area contributed by atoms with Crippen molar-refractivity contribution in [1.29, 1.82) is 0 Å². The summed E-state index contributed by atoms with van der Waals surface area (Å²) in [6.45, 7) is 2.57. The summed E-state index contributed by atoms with van der Waals surface area (Å²) in [5.74, 6) is -1.46. The Kier molecular flexibility index (Phi) is 6.71. The number of rotatable bonds is 4. The highest BCUT2D eigenvalue weighted by Gasteiger charge is 2.26. The summed E-state index contributed by atoms with van der Waals surface area (Å²) in [7, 11) is 0. The first kappa shape index (κ1) is 17.2. The zero-order valence-corrected chi connectivity index (χ0v) is 11.6. The van der Waals surface area contributed by atoms with Crippen molar-refractivity contribution >= 4 is 12.4 Å². The molecule has 0 aliphatic carbocycles. The summed E-state index contributed by atoms with van der Waals surface area (Å²) in [5, 5.41) is 3.12. The van der Waals surface area contributed by atoms with E-state index in [0.29, 0.717) is 26.2 Å². The molecule has 0 saturated carbocycles. The highest BCUT2D eigenvalue weighted by Crippen LogP contribution is 2.28. The maximum absolute atomic E-state index is 13.2. The van der Waals surface area contributed by atoms with Gasteiger partial charge in [0.2, 0.25) is 6.43 Å². The summed E-state index contributed by atoms with van der Waals surface area (Å²) < 4.78 is 51.9. The molecule has 0 bridgehead atoms. The van der Waals surface area contributed by atoms with Crippen LogP contribution in [0.25, 0.3) is 0 Å². The van der Waals surface area contributed by atoms with Gasteiger partial charge < -0.3 is 5.32 Å². The van der Waals surface area contributed by atoms with Gasteiger partial charge in [-0.15, -0.1) is 12.4 Å². The van der Waals surface area contributed by atoms with Crippen molar-refractivity contribution in [2.24, 2.45) is 0 Å². The summed E-state index contributed by atoms with van der Waals surface area (Å²) in [6, 6.07) is 2.38. The molecule has 1 N–H and O–H groups in total. The molecule has 1 fully saturated rings. The van der Waals surface area contributed by atoms with Crippen LogP contribution in [0.2, 0.25) is 0 Å². The predicted octanol–water partition coefficient (Wildman–Crippen LogP) is 2.99. The molecule has 0 aromatic heterocycles. The first-order valence-corrected chi connectivity index (χ1v) is 6.25. The highest BCUT2D eigenvalue weighted by atomic mass is 35.5. The van der Waals surface area contributed by atoms with Gasteiger partial charge in [0.05, 0.1) is 0 Å². The molecule has 1 saturated heterocycles. The Bertz CT molecular complexity index is 405. The van der Waals surface area contributed by atoms with E-state index in [9.17, 15) is 17.6 Å². The van der Waals surface area contributed by atoms with E-state index in [4.69, 9.17) is 0 Å². The van der Waals surface area contributed by atoms with Crippen molar-refractivity contribution in [2.45, 2.75) is 18.9 Å². The Morgan fingerprint density at radius 3 is 2.10 bits per heavy atom. The van der Waals surface area contributed by atoms with Gasteiger partial charge in [-0.05, 0) is 17.7 Å². The number of alkyl halides is 2. The van der Waals surface area contributed by atoms with Crippen molar-refractivity contribution in [3.8, 4) is 0 Å². The Labute approximate surface area is 121 Å². The highest BCUT2D eigenvalue weighted by molar-refractivity contribution is 5.85. The van der Waals surface area contributed by atoms with Crippen LogP contribution in [0.1, 0.15) is 18.0 Å². The minimum absolute atomic E-state index is 0. The first-order valence-electron chi connectivity index (χ1n) is 6.25. The molecular formula is C13H17ClF4N2. The molecule has 0 radical (unpaired) electrons. The van der Waals surface area contributed by atoms with Crippen LogP contribution in [-0.4, -0.2) is 37.5 Å². The van der Waals surface area contributed by atoms with Crippen LogP contribution in [0.3, 0.4) is 0 Å². The van der Waals surface area contributed by atoms with E-state index in [1.54, 1.807) is 0 Å². The number of piperazine rings is 1. The second-order valence-corrected chi connectivity index (χ2v) is 4.63. The van der Waals surface area contributed by atoms with Crippen LogP contribution in [0.15, 0.2) is 18.2 Å². The fraction of sp³-hybridized carbons (Fsp3) is 0.538. The van der Waals surface area contributed by atoms with Crippen LogP contribution < -0.4 is 5.32 Å². The molecular weight excluding hydrogens is 296 g/mol. The Hall–Kier alpha value is -0.850. The molecule has 1 atom stereocenters. The van der Waals surface area contributed by atoms with Gasteiger partial charge in [-0.3, -0.25) is 4.90 Å². The van der Waals surface area contributed by atoms with Crippen molar-refractivity contribution in [3.63, 3.8) is 0 Å². The quantitative estimate of drug-likeness (QED) is 0.860. The molecule has 2 rings (SSSR count). The molecule has 1 aliphatic heterocycles. The summed E-state index contributed by atoms with van der Waals surface area (Å²) >= 11 is 0. The van der Waals surface area contributed by atoms with E-state index in [2.05, 4.69) is 5.32 Å². The number of nitrogens with one attached hydrogen (secondary N) is 1. The van der Waals surface area contributed by atoms with E-state index in [1.165, 1.54) is 0 Å². The third-order valence-corrected chi connectivity index (χ3v) is 3.26. The standard InChI is InChI=1S/C13H16F4N2.ClH/c14-10-5-9(6-11(15)7-10)12(8-13(16)17)19-3-1-18-2-4-19;/h5-7,12-13,18H,1-4,8H2;1H/t12-;/m1./s1. The second-order valence-electron chi connectivity index (χ2n) is 4.63. The molecule has 1 aromatic rings. The molecule has 114 valence electrons. The van der Waals surface area contributed by atoms with Gasteiger partial charge in [0.1, 0.15) is 11.6 Å². The van der Waals surface area contributed by atoms with Crippen LogP contribution in [0.5, 0.6) is 0 Å². The summed E-state index contributed by atoms with van der Waals surface area (Å²) in [5.41, 5.74) is 0.278. The smallest absolute Gasteiger partial charge is 0.240 e. The van der Waals surface area contributed by atoms with E-state index in [-0.39, 0.29) is 18.0 Å². The van der Waals surface area contributed by atoms with Crippen molar-refractivity contribution in [3.05, 3.63) is 35.4 Å². The zero-order chi connectivity index (χ0) is 13.8. The topological polar surface area (TPSA) is 15.3 Å². The molecule has 20 heavy (non-hydrogen) atoms. The third kappa shape index (κ3) is 4.61. The van der Waals surface area contributed by atoms with Gasteiger partial charge in [-0.25, -0.2) is 17.6 Å². The van der Waals surface area contributed by atoms with E-state index in [0.717, 1.165) is 18.2 Å². The van der Waals surface area contributed by atoms with Crippen LogP contribution >= 0.6 is 12.4 Å². The van der Waals surface area contributed by atoms with Gasteiger partial charge in [0.25, 0.3) is 0 Å². The van der Waals surface area contributed by atoms with Crippen LogP contribution in [0, 0.1) is 11.6 Å². The number of halogens is 5. The van der Waals surface area contributed by atoms with Gasteiger partial charge >= 0.3 is 0 Å². The minimum atomic E-state index is -2.51.